The van der Waals surface area contributed by atoms with Gasteiger partial charge in [0.05, 0.1) is 13.2 Å². The molecule has 0 aliphatic carbocycles. The van der Waals surface area contributed by atoms with E-state index in [0.717, 1.165) is 21.5 Å². The first-order valence-corrected chi connectivity index (χ1v) is 9.28. The minimum atomic E-state index is -0.0416. The molecule has 0 radical (unpaired) electrons. The summed E-state index contributed by atoms with van der Waals surface area (Å²) in [5.74, 6) is 0.165. The van der Waals surface area contributed by atoms with Crippen molar-refractivity contribution in [2.75, 3.05) is 19.7 Å². The summed E-state index contributed by atoms with van der Waals surface area (Å²) >= 11 is 6.23. The maximum atomic E-state index is 12.7. The van der Waals surface area contributed by atoms with Crippen LogP contribution in [0.2, 0.25) is 5.02 Å². The van der Waals surface area contributed by atoms with E-state index in [9.17, 15) is 4.79 Å². The van der Waals surface area contributed by atoms with Gasteiger partial charge in [-0.25, -0.2) is 0 Å². The summed E-state index contributed by atoms with van der Waals surface area (Å²) in [6.45, 7) is 2.49. The highest BCUT2D eigenvalue weighted by atomic mass is 35.5. The van der Waals surface area contributed by atoms with Crippen molar-refractivity contribution in [1.82, 2.24) is 9.47 Å². The topological polar surface area (TPSA) is 34.5 Å². The Morgan fingerprint density at radius 2 is 1.96 bits per heavy atom. The smallest absolute Gasteiger partial charge is 0.224 e. The van der Waals surface area contributed by atoms with Crippen molar-refractivity contribution in [3.05, 3.63) is 71.4 Å². The number of aryl methyl sites for hydroxylation is 1. The average molecular weight is 369 g/mol. The highest BCUT2D eigenvalue weighted by Crippen LogP contribution is 2.25. The van der Waals surface area contributed by atoms with Gasteiger partial charge in [-0.2, -0.15) is 0 Å². The molecule has 0 N–H and O–H groups in total. The van der Waals surface area contributed by atoms with E-state index in [-0.39, 0.29) is 12.0 Å². The third-order valence-electron chi connectivity index (χ3n) is 4.92. The molecule has 0 unspecified atom stereocenters. The highest BCUT2D eigenvalue weighted by Gasteiger charge is 2.25. The largest absolute Gasteiger partial charge is 0.370 e. The van der Waals surface area contributed by atoms with Gasteiger partial charge >= 0.3 is 0 Å². The fraction of sp³-hybridized carbons (Fsp3) is 0.286. The van der Waals surface area contributed by atoms with Crippen LogP contribution in [-0.4, -0.2) is 35.1 Å². The summed E-state index contributed by atoms with van der Waals surface area (Å²) < 4.78 is 7.94. The van der Waals surface area contributed by atoms with Gasteiger partial charge < -0.3 is 14.2 Å². The Bertz CT molecular complexity index is 907. The number of rotatable bonds is 4. The molecular weight excluding hydrogens is 348 g/mol. The molecule has 26 heavy (non-hydrogen) atoms. The van der Waals surface area contributed by atoms with Crippen LogP contribution in [0.4, 0.5) is 0 Å². The van der Waals surface area contributed by atoms with Gasteiger partial charge in [0.2, 0.25) is 5.91 Å². The van der Waals surface area contributed by atoms with Crippen molar-refractivity contribution < 1.29 is 9.53 Å². The SMILES string of the molecule is O=C(CCn1ccc2c(Cl)cccc21)N1CCO[C@H](c2ccccc2)C1. The van der Waals surface area contributed by atoms with Crippen molar-refractivity contribution in [3.63, 3.8) is 0 Å². The van der Waals surface area contributed by atoms with E-state index < -0.39 is 0 Å². The van der Waals surface area contributed by atoms with Crippen molar-refractivity contribution in [2.24, 2.45) is 0 Å². The first kappa shape index (κ1) is 17.1. The number of amides is 1. The van der Waals surface area contributed by atoms with Gasteiger partial charge in [-0.3, -0.25) is 4.79 Å². The van der Waals surface area contributed by atoms with Gasteiger partial charge in [0, 0.05) is 41.6 Å². The van der Waals surface area contributed by atoms with Crippen LogP contribution in [0.5, 0.6) is 0 Å². The summed E-state index contributed by atoms with van der Waals surface area (Å²) in [6, 6.07) is 18.0. The zero-order chi connectivity index (χ0) is 17.9. The molecule has 0 saturated carbocycles. The second-order valence-electron chi connectivity index (χ2n) is 6.54. The standard InChI is InChI=1S/C21H21ClN2O2/c22-18-7-4-8-19-17(18)9-11-23(19)12-10-21(25)24-13-14-26-20(15-24)16-5-2-1-3-6-16/h1-9,11,20H,10,12-15H2/t20-/m0/s1. The number of halogens is 1. The molecule has 134 valence electrons. The van der Waals surface area contributed by atoms with Crippen LogP contribution in [0.3, 0.4) is 0 Å². The number of aromatic nitrogens is 1. The molecule has 1 amide bonds. The number of hydrogen-bond acceptors (Lipinski definition) is 2. The highest BCUT2D eigenvalue weighted by molar-refractivity contribution is 6.35. The Labute approximate surface area is 157 Å². The lowest BCUT2D eigenvalue weighted by atomic mass is 10.1. The third kappa shape index (κ3) is 3.48. The van der Waals surface area contributed by atoms with Crippen LogP contribution < -0.4 is 0 Å². The van der Waals surface area contributed by atoms with E-state index >= 15 is 0 Å². The van der Waals surface area contributed by atoms with E-state index in [1.165, 1.54) is 0 Å². The number of morpholine rings is 1. The predicted octanol–water partition coefficient (Wildman–Crippen LogP) is 4.28. The van der Waals surface area contributed by atoms with Crippen LogP contribution in [0, 0.1) is 0 Å². The van der Waals surface area contributed by atoms with E-state index in [0.29, 0.717) is 32.7 Å². The quantitative estimate of drug-likeness (QED) is 0.688. The molecule has 0 bridgehead atoms. The Balaban J connectivity index is 1.40. The Morgan fingerprint density at radius 3 is 2.81 bits per heavy atom. The summed E-state index contributed by atoms with van der Waals surface area (Å²) in [4.78, 5) is 14.6. The monoisotopic (exact) mass is 368 g/mol. The van der Waals surface area contributed by atoms with Gasteiger partial charge in [0.1, 0.15) is 6.10 Å². The lowest BCUT2D eigenvalue weighted by molar-refractivity contribution is -0.139. The number of benzene rings is 2. The Kier molecular flexibility index (Phi) is 4.96. The van der Waals surface area contributed by atoms with Crippen LogP contribution >= 0.6 is 11.6 Å². The van der Waals surface area contributed by atoms with E-state index in [1.54, 1.807) is 0 Å². The molecular formula is C21H21ClN2O2. The second kappa shape index (κ2) is 7.52. The third-order valence-corrected chi connectivity index (χ3v) is 5.25. The Hall–Kier alpha value is -2.30. The lowest BCUT2D eigenvalue weighted by Crippen LogP contribution is -2.42. The number of hydrogen-bond donors (Lipinski definition) is 0. The Morgan fingerprint density at radius 1 is 1.12 bits per heavy atom. The average Bonchev–Trinajstić information content (AvgIpc) is 3.11. The fourth-order valence-electron chi connectivity index (χ4n) is 3.50. The summed E-state index contributed by atoms with van der Waals surface area (Å²) in [5, 5.41) is 1.77. The van der Waals surface area contributed by atoms with E-state index in [1.807, 2.05) is 65.7 Å². The van der Waals surface area contributed by atoms with Crippen molar-refractivity contribution in [1.29, 1.82) is 0 Å². The van der Waals surface area contributed by atoms with Gasteiger partial charge in [0.25, 0.3) is 0 Å². The zero-order valence-corrected chi connectivity index (χ0v) is 15.2. The second-order valence-corrected chi connectivity index (χ2v) is 6.95. The maximum Gasteiger partial charge on any atom is 0.224 e. The molecule has 4 rings (SSSR count). The molecule has 5 heteroatoms. The van der Waals surface area contributed by atoms with Gasteiger partial charge in [-0.05, 0) is 23.8 Å². The molecule has 3 aromatic rings. The molecule has 1 aromatic heterocycles. The number of fused-ring (bicyclic) bond motifs is 1. The summed E-state index contributed by atoms with van der Waals surface area (Å²) in [5.41, 5.74) is 2.19. The molecule has 1 aliphatic rings. The van der Waals surface area contributed by atoms with Crippen LogP contribution in [-0.2, 0) is 16.1 Å². The van der Waals surface area contributed by atoms with Crippen LogP contribution in [0.15, 0.2) is 60.8 Å². The minimum absolute atomic E-state index is 0.0416. The van der Waals surface area contributed by atoms with Crippen molar-refractivity contribution in [3.8, 4) is 0 Å². The normalized spacial score (nSPS) is 17.6. The summed E-state index contributed by atoms with van der Waals surface area (Å²) in [6.07, 6.45) is 2.42. The zero-order valence-electron chi connectivity index (χ0n) is 14.5. The molecule has 2 heterocycles. The van der Waals surface area contributed by atoms with E-state index in [2.05, 4.69) is 4.57 Å². The predicted molar refractivity (Wildman–Crippen MR) is 103 cm³/mol. The number of nitrogens with zero attached hydrogens (tertiary/aromatic N) is 2. The van der Waals surface area contributed by atoms with E-state index in [4.69, 9.17) is 16.3 Å². The molecule has 2 aromatic carbocycles. The molecule has 4 nitrogen and oxygen atoms in total. The van der Waals surface area contributed by atoms with Crippen LogP contribution in [0.25, 0.3) is 10.9 Å². The number of carbonyl (C=O) groups is 1. The van der Waals surface area contributed by atoms with Gasteiger partial charge in [-0.1, -0.05) is 48.0 Å². The van der Waals surface area contributed by atoms with Crippen molar-refractivity contribution in [2.45, 2.75) is 19.1 Å². The molecule has 1 saturated heterocycles. The van der Waals surface area contributed by atoms with Gasteiger partial charge in [-0.15, -0.1) is 0 Å². The number of carbonyl (C=O) groups excluding carboxylic acids is 1. The first-order valence-electron chi connectivity index (χ1n) is 8.90. The maximum absolute atomic E-state index is 12.7. The molecule has 1 aliphatic heterocycles. The first-order chi connectivity index (χ1) is 12.7. The number of ether oxygens (including phenoxy) is 1. The molecule has 1 atom stereocenters. The van der Waals surface area contributed by atoms with Crippen molar-refractivity contribution >= 4 is 28.4 Å². The minimum Gasteiger partial charge on any atom is -0.370 e. The van der Waals surface area contributed by atoms with Gasteiger partial charge in [0.15, 0.2) is 0 Å². The summed E-state index contributed by atoms with van der Waals surface area (Å²) in [7, 11) is 0. The fourth-order valence-corrected chi connectivity index (χ4v) is 3.73. The molecule has 0 spiro atoms. The molecule has 1 fully saturated rings. The van der Waals surface area contributed by atoms with Crippen LogP contribution in [0.1, 0.15) is 18.1 Å². The lowest BCUT2D eigenvalue weighted by Gasteiger charge is -2.33.